The second-order valence-electron chi connectivity index (χ2n) is 4.20. The van der Waals surface area contributed by atoms with Gasteiger partial charge in [0.15, 0.2) is 0 Å². The molecule has 2 aromatic rings. The fraction of sp³-hybridized carbons (Fsp3) is 0.267. The summed E-state index contributed by atoms with van der Waals surface area (Å²) in [6.45, 7) is 4.30. The lowest BCUT2D eigenvalue weighted by atomic mass is 9.99. The summed E-state index contributed by atoms with van der Waals surface area (Å²) < 4.78 is 0. The molecule has 0 atom stereocenters. The molecule has 0 aliphatic heterocycles. The van der Waals surface area contributed by atoms with Gasteiger partial charge in [-0.3, -0.25) is 0 Å². The molecule has 1 N–H and O–H groups in total. The maximum Gasteiger partial charge on any atom is 0.336 e. The monoisotopic (exact) mass is 260 g/mol. The topological polar surface area (TPSA) is 37.3 Å². The molecule has 3 heteroatoms. The van der Waals surface area contributed by atoms with Crippen LogP contribution in [0.3, 0.4) is 0 Å². The Morgan fingerprint density at radius 3 is 2.44 bits per heavy atom. The van der Waals surface area contributed by atoms with Gasteiger partial charge in [-0.05, 0) is 35.6 Å². The van der Waals surface area contributed by atoms with E-state index in [4.69, 9.17) is 5.11 Å². The summed E-state index contributed by atoms with van der Waals surface area (Å²) in [6.07, 6.45) is 2.04. The van der Waals surface area contributed by atoms with Crippen LogP contribution in [0.4, 0.5) is 0 Å². The van der Waals surface area contributed by atoms with Crippen LogP contribution in [0.2, 0.25) is 0 Å². The molecule has 0 saturated carbocycles. The third-order valence-electron chi connectivity index (χ3n) is 3.10. The first-order chi connectivity index (χ1) is 8.65. The van der Waals surface area contributed by atoms with Crippen LogP contribution in [0.25, 0.3) is 10.4 Å². The molecular weight excluding hydrogens is 244 g/mol. The van der Waals surface area contributed by atoms with Crippen LogP contribution < -0.4 is 0 Å². The van der Waals surface area contributed by atoms with E-state index in [0.717, 1.165) is 23.3 Å². The number of aryl methyl sites for hydroxylation is 2. The number of aromatic carboxylic acids is 1. The highest BCUT2D eigenvalue weighted by atomic mass is 32.1. The van der Waals surface area contributed by atoms with Crippen molar-refractivity contribution in [2.45, 2.75) is 26.7 Å². The van der Waals surface area contributed by atoms with Crippen LogP contribution >= 0.6 is 11.3 Å². The smallest absolute Gasteiger partial charge is 0.336 e. The largest absolute Gasteiger partial charge is 0.478 e. The molecule has 1 aromatic carbocycles. The van der Waals surface area contributed by atoms with E-state index in [2.05, 4.69) is 32.0 Å². The molecule has 0 aliphatic rings. The van der Waals surface area contributed by atoms with Gasteiger partial charge >= 0.3 is 5.97 Å². The number of benzene rings is 1. The lowest BCUT2D eigenvalue weighted by Gasteiger charge is -2.07. The average Bonchev–Trinajstić information content (AvgIpc) is 2.87. The minimum absolute atomic E-state index is 0.368. The number of carbonyl (C=O) groups is 1. The zero-order chi connectivity index (χ0) is 13.1. The van der Waals surface area contributed by atoms with Crippen molar-refractivity contribution in [2.24, 2.45) is 0 Å². The highest BCUT2D eigenvalue weighted by Crippen LogP contribution is 2.29. The van der Waals surface area contributed by atoms with Gasteiger partial charge in [0.1, 0.15) is 0 Å². The Bertz CT molecular complexity index is 570. The molecule has 0 spiro atoms. The number of hydrogen-bond donors (Lipinski definition) is 1. The second kappa shape index (κ2) is 5.36. The van der Waals surface area contributed by atoms with Crippen LogP contribution in [-0.4, -0.2) is 11.1 Å². The lowest BCUT2D eigenvalue weighted by Crippen LogP contribution is -1.92. The minimum atomic E-state index is -0.863. The van der Waals surface area contributed by atoms with Crippen LogP contribution in [0.15, 0.2) is 29.6 Å². The third kappa shape index (κ3) is 2.46. The molecule has 0 fully saturated rings. The number of rotatable bonds is 4. The quantitative estimate of drug-likeness (QED) is 0.892. The zero-order valence-corrected chi connectivity index (χ0v) is 11.4. The van der Waals surface area contributed by atoms with Gasteiger partial charge in [-0.1, -0.05) is 32.0 Å². The van der Waals surface area contributed by atoms with E-state index in [1.54, 1.807) is 11.4 Å². The van der Waals surface area contributed by atoms with E-state index in [-0.39, 0.29) is 0 Å². The van der Waals surface area contributed by atoms with Gasteiger partial charge in [-0.15, -0.1) is 11.3 Å². The number of hydrogen-bond acceptors (Lipinski definition) is 2. The van der Waals surface area contributed by atoms with Crippen molar-refractivity contribution in [3.8, 4) is 10.4 Å². The van der Waals surface area contributed by atoms with Crippen molar-refractivity contribution in [1.82, 2.24) is 0 Å². The second-order valence-corrected chi connectivity index (χ2v) is 5.11. The van der Waals surface area contributed by atoms with E-state index in [9.17, 15) is 4.79 Å². The summed E-state index contributed by atoms with van der Waals surface area (Å²) in [5.41, 5.74) is 4.20. The van der Waals surface area contributed by atoms with Gasteiger partial charge in [0.25, 0.3) is 0 Å². The first kappa shape index (κ1) is 12.8. The van der Waals surface area contributed by atoms with Crippen LogP contribution in [0.5, 0.6) is 0 Å². The number of carboxylic acids is 1. The highest BCUT2D eigenvalue weighted by molar-refractivity contribution is 7.13. The number of thiophene rings is 1. The molecule has 1 aromatic heterocycles. The Kier molecular flexibility index (Phi) is 3.82. The predicted octanol–water partition coefficient (Wildman–Crippen LogP) is 4.24. The summed E-state index contributed by atoms with van der Waals surface area (Å²) in [6, 6.07) is 8.15. The van der Waals surface area contributed by atoms with E-state index < -0.39 is 5.97 Å². The van der Waals surface area contributed by atoms with E-state index in [1.807, 2.05) is 0 Å². The molecule has 0 bridgehead atoms. The van der Waals surface area contributed by atoms with Gasteiger partial charge in [-0.25, -0.2) is 4.79 Å². The fourth-order valence-electron chi connectivity index (χ4n) is 2.05. The Morgan fingerprint density at radius 2 is 1.89 bits per heavy atom. The minimum Gasteiger partial charge on any atom is -0.478 e. The molecule has 0 aliphatic carbocycles. The van der Waals surface area contributed by atoms with Crippen molar-refractivity contribution in [3.05, 3.63) is 46.3 Å². The normalized spacial score (nSPS) is 10.6. The first-order valence-corrected chi connectivity index (χ1v) is 6.97. The molecule has 0 unspecified atom stereocenters. The van der Waals surface area contributed by atoms with Crippen molar-refractivity contribution >= 4 is 17.3 Å². The van der Waals surface area contributed by atoms with Gasteiger partial charge in [-0.2, -0.15) is 0 Å². The Hall–Kier alpha value is -1.61. The number of carboxylic acid groups (broad SMARTS) is 1. The van der Waals surface area contributed by atoms with Crippen LogP contribution in [0, 0.1) is 0 Å². The van der Waals surface area contributed by atoms with Crippen LogP contribution in [-0.2, 0) is 12.8 Å². The van der Waals surface area contributed by atoms with Gasteiger partial charge in [0.2, 0.25) is 0 Å². The summed E-state index contributed by atoms with van der Waals surface area (Å²) in [5.74, 6) is -0.863. The molecule has 0 amide bonds. The summed E-state index contributed by atoms with van der Waals surface area (Å²) >= 11 is 1.48. The molecule has 18 heavy (non-hydrogen) atoms. The van der Waals surface area contributed by atoms with Gasteiger partial charge in [0, 0.05) is 10.3 Å². The van der Waals surface area contributed by atoms with Crippen LogP contribution in [0.1, 0.15) is 35.3 Å². The summed E-state index contributed by atoms with van der Waals surface area (Å²) in [5, 5.41) is 10.6. The Morgan fingerprint density at radius 1 is 1.17 bits per heavy atom. The first-order valence-electron chi connectivity index (χ1n) is 6.09. The molecule has 2 rings (SSSR count). The fourth-order valence-corrected chi connectivity index (χ4v) is 2.93. The maximum atomic E-state index is 10.9. The zero-order valence-electron chi connectivity index (χ0n) is 10.6. The average molecular weight is 260 g/mol. The summed E-state index contributed by atoms with van der Waals surface area (Å²) in [7, 11) is 0. The van der Waals surface area contributed by atoms with E-state index in [1.165, 1.54) is 22.5 Å². The standard InChI is InChI=1S/C15H16O2S/c1-3-10-5-6-12(7-11(10)4-2)14-8-13(9-18-14)15(16)17/h5-9H,3-4H2,1-2H3,(H,16,17). The van der Waals surface area contributed by atoms with Crippen molar-refractivity contribution in [3.63, 3.8) is 0 Å². The van der Waals surface area contributed by atoms with E-state index in [0.29, 0.717) is 5.56 Å². The van der Waals surface area contributed by atoms with E-state index >= 15 is 0 Å². The molecule has 0 radical (unpaired) electrons. The maximum absolute atomic E-state index is 10.9. The van der Waals surface area contributed by atoms with Crippen molar-refractivity contribution in [2.75, 3.05) is 0 Å². The molecule has 0 saturated heterocycles. The SMILES string of the molecule is CCc1ccc(-c2cc(C(=O)O)cs2)cc1CC. The Balaban J connectivity index is 2.41. The van der Waals surface area contributed by atoms with Crippen molar-refractivity contribution < 1.29 is 9.90 Å². The molecule has 2 nitrogen and oxygen atoms in total. The third-order valence-corrected chi connectivity index (χ3v) is 4.08. The predicted molar refractivity (Wildman–Crippen MR) is 75.5 cm³/mol. The molecular formula is C15H16O2S. The van der Waals surface area contributed by atoms with Crippen molar-refractivity contribution in [1.29, 1.82) is 0 Å². The lowest BCUT2D eigenvalue weighted by molar-refractivity contribution is 0.0697. The summed E-state index contributed by atoms with van der Waals surface area (Å²) in [4.78, 5) is 11.9. The Labute approximate surface area is 111 Å². The molecule has 94 valence electrons. The molecule has 1 heterocycles. The highest BCUT2D eigenvalue weighted by Gasteiger charge is 2.09. The van der Waals surface area contributed by atoms with Gasteiger partial charge < -0.3 is 5.11 Å². The van der Waals surface area contributed by atoms with Gasteiger partial charge in [0.05, 0.1) is 5.56 Å².